The molecule has 0 fully saturated rings. The number of halogens is 4. The topological polar surface area (TPSA) is 17.1 Å². The Morgan fingerprint density at radius 3 is 2.14 bits per heavy atom. The Kier molecular flexibility index (Phi) is 3.08. The molecule has 0 bridgehead atoms. The molecule has 0 saturated heterocycles. The smallest absolute Gasteiger partial charge is 0.236 e. The van der Waals surface area contributed by atoms with E-state index in [1.165, 1.54) is 12.1 Å². The molecule has 0 radical (unpaired) electrons. The Morgan fingerprint density at radius 1 is 1.29 bits per heavy atom. The number of benzene rings is 1. The van der Waals surface area contributed by atoms with Crippen molar-refractivity contribution in [1.29, 1.82) is 0 Å². The van der Waals surface area contributed by atoms with Crippen LogP contribution in [-0.2, 0) is 25.1 Å². The second-order valence-corrected chi connectivity index (χ2v) is 7.01. The van der Waals surface area contributed by atoms with Gasteiger partial charge in [0, 0.05) is 11.2 Å². The molecule has 78 valence electrons. The summed E-state index contributed by atoms with van der Waals surface area (Å²) in [7, 11) is 1.68. The van der Waals surface area contributed by atoms with Gasteiger partial charge in [-0.1, -0.05) is 12.1 Å². The Hall–Kier alpha value is -0.330. The lowest BCUT2D eigenvalue weighted by Crippen LogP contribution is -2.09. The van der Waals surface area contributed by atoms with Crippen LogP contribution in [0.5, 0.6) is 0 Å². The lowest BCUT2D eigenvalue weighted by Gasteiger charge is -2.10. The van der Waals surface area contributed by atoms with Crippen LogP contribution in [0, 0.1) is 0 Å². The molecule has 0 N–H and O–H groups in total. The van der Waals surface area contributed by atoms with E-state index in [0.29, 0.717) is 0 Å². The molecule has 0 aliphatic carbocycles. The predicted octanol–water partition coefficient (Wildman–Crippen LogP) is 2.96. The summed E-state index contributed by atoms with van der Waals surface area (Å²) in [5.74, 6) is 0. The highest BCUT2D eigenvalue weighted by molar-refractivity contribution is 8.46. The Bertz CT molecular complexity index is 438. The van der Waals surface area contributed by atoms with Crippen LogP contribution in [0.2, 0.25) is 0 Å². The van der Waals surface area contributed by atoms with Crippen LogP contribution >= 0.6 is 10.7 Å². The molecule has 1 rings (SSSR count). The molecular weight excluding hydrogens is 257 g/mol. The lowest BCUT2D eigenvalue weighted by molar-refractivity contribution is -0.139. The minimum absolute atomic E-state index is 0.552. The standard InChI is InChI=1S/C7H4ClF3OS2/c8-14(12,13)6-4-2-1-3-5(6)7(9,10)11/h1-4H. The minimum Gasteiger partial charge on any atom is -0.236 e. The first-order chi connectivity index (χ1) is 6.23. The SMILES string of the molecule is O=S(=S)(Cl)c1ccccc1C(F)(F)F. The fourth-order valence-corrected chi connectivity index (χ4v) is 2.44. The molecule has 1 aromatic carbocycles. The molecule has 0 aliphatic heterocycles. The fourth-order valence-electron chi connectivity index (χ4n) is 0.913. The average molecular weight is 261 g/mol. The van der Waals surface area contributed by atoms with E-state index >= 15 is 0 Å². The molecule has 1 aromatic rings. The Morgan fingerprint density at radius 2 is 1.79 bits per heavy atom. The van der Waals surface area contributed by atoms with E-state index in [2.05, 4.69) is 11.2 Å². The van der Waals surface area contributed by atoms with Gasteiger partial charge in [-0.3, -0.25) is 0 Å². The molecule has 0 amide bonds. The second kappa shape index (κ2) is 3.67. The minimum atomic E-state index is -4.59. The van der Waals surface area contributed by atoms with Crippen LogP contribution in [-0.4, -0.2) is 4.21 Å². The third kappa shape index (κ3) is 2.59. The van der Waals surface area contributed by atoms with Crippen molar-refractivity contribution in [2.24, 2.45) is 0 Å². The monoisotopic (exact) mass is 260 g/mol. The summed E-state index contributed by atoms with van der Waals surface area (Å²) >= 11 is 4.30. The summed E-state index contributed by atoms with van der Waals surface area (Å²) in [5, 5.41) is 0. The number of alkyl halides is 3. The number of hydrogen-bond donors (Lipinski definition) is 0. The summed E-state index contributed by atoms with van der Waals surface area (Å²) in [4.78, 5) is -0.552. The maximum Gasteiger partial charge on any atom is 0.417 e. The van der Waals surface area contributed by atoms with E-state index in [0.717, 1.165) is 12.1 Å². The molecule has 0 saturated carbocycles. The van der Waals surface area contributed by atoms with E-state index < -0.39 is 24.3 Å². The third-order valence-electron chi connectivity index (χ3n) is 1.46. The van der Waals surface area contributed by atoms with Gasteiger partial charge >= 0.3 is 6.18 Å². The van der Waals surface area contributed by atoms with Gasteiger partial charge in [-0.25, -0.2) is 4.21 Å². The highest BCUT2D eigenvalue weighted by atomic mass is 35.7. The Balaban J connectivity index is 3.47. The maximum atomic E-state index is 12.3. The normalized spacial score (nSPS) is 16.3. The zero-order valence-corrected chi connectivity index (χ0v) is 8.93. The predicted molar refractivity (Wildman–Crippen MR) is 51.1 cm³/mol. The molecular formula is C7H4ClF3OS2. The van der Waals surface area contributed by atoms with Gasteiger partial charge in [0.2, 0.25) is 0 Å². The molecule has 0 heterocycles. The van der Waals surface area contributed by atoms with Gasteiger partial charge in [-0.05, 0) is 22.8 Å². The second-order valence-electron chi connectivity index (χ2n) is 2.43. The lowest BCUT2D eigenvalue weighted by atomic mass is 10.2. The first-order valence-corrected chi connectivity index (χ1v) is 6.65. The van der Waals surface area contributed by atoms with Gasteiger partial charge in [-0.15, -0.1) is 0 Å². The van der Waals surface area contributed by atoms with Crippen LogP contribution in [0.15, 0.2) is 29.2 Å². The van der Waals surface area contributed by atoms with Crippen molar-refractivity contribution < 1.29 is 17.4 Å². The summed E-state index contributed by atoms with van der Waals surface area (Å²) < 4.78 is 48.2. The van der Waals surface area contributed by atoms with E-state index in [-0.39, 0.29) is 0 Å². The van der Waals surface area contributed by atoms with Crippen LogP contribution in [0.25, 0.3) is 0 Å². The molecule has 1 nitrogen and oxygen atoms in total. The Labute approximate surface area is 88.1 Å². The van der Waals surface area contributed by atoms with Gasteiger partial charge < -0.3 is 0 Å². The molecule has 0 aliphatic rings. The van der Waals surface area contributed by atoms with E-state index in [1.807, 2.05) is 0 Å². The third-order valence-corrected chi connectivity index (χ3v) is 3.37. The highest BCUT2D eigenvalue weighted by Crippen LogP contribution is 2.35. The van der Waals surface area contributed by atoms with Crippen molar-refractivity contribution in [3.8, 4) is 0 Å². The first kappa shape index (κ1) is 11.7. The van der Waals surface area contributed by atoms with Gasteiger partial charge in [-0.2, -0.15) is 13.2 Å². The average Bonchev–Trinajstić information content (AvgIpc) is 2.01. The zero-order chi connectivity index (χ0) is 11.0. The summed E-state index contributed by atoms with van der Waals surface area (Å²) in [6.45, 7) is 0. The zero-order valence-electron chi connectivity index (χ0n) is 6.55. The van der Waals surface area contributed by atoms with E-state index in [1.54, 1.807) is 0 Å². The van der Waals surface area contributed by atoms with Crippen LogP contribution in [0.1, 0.15) is 5.56 Å². The molecule has 1 unspecified atom stereocenters. The van der Waals surface area contributed by atoms with Crippen LogP contribution in [0.4, 0.5) is 13.2 Å². The summed E-state index contributed by atoms with van der Waals surface area (Å²) in [6, 6.07) is 4.30. The summed E-state index contributed by atoms with van der Waals surface area (Å²) in [5.41, 5.74) is -1.05. The quantitative estimate of drug-likeness (QED) is 0.722. The van der Waals surface area contributed by atoms with Crippen LogP contribution in [0.3, 0.4) is 0 Å². The molecule has 14 heavy (non-hydrogen) atoms. The molecule has 7 heteroatoms. The first-order valence-electron chi connectivity index (χ1n) is 3.34. The molecule has 0 spiro atoms. The van der Waals surface area contributed by atoms with E-state index in [9.17, 15) is 17.4 Å². The number of rotatable bonds is 1. The maximum absolute atomic E-state index is 12.3. The van der Waals surface area contributed by atoms with Crippen molar-refractivity contribution in [2.45, 2.75) is 11.1 Å². The van der Waals surface area contributed by atoms with Crippen LogP contribution < -0.4 is 0 Å². The largest absolute Gasteiger partial charge is 0.417 e. The van der Waals surface area contributed by atoms with Gasteiger partial charge in [0.25, 0.3) is 0 Å². The fraction of sp³-hybridized carbons (Fsp3) is 0.143. The van der Waals surface area contributed by atoms with Gasteiger partial charge in [0.1, 0.15) is 7.71 Å². The van der Waals surface area contributed by atoms with Crippen molar-refractivity contribution in [2.75, 3.05) is 0 Å². The van der Waals surface area contributed by atoms with Gasteiger partial charge in [0.15, 0.2) is 0 Å². The van der Waals surface area contributed by atoms with Crippen molar-refractivity contribution in [3.63, 3.8) is 0 Å². The number of hydrogen-bond acceptors (Lipinski definition) is 2. The highest BCUT2D eigenvalue weighted by Gasteiger charge is 2.35. The van der Waals surface area contributed by atoms with Crippen molar-refractivity contribution in [3.05, 3.63) is 29.8 Å². The van der Waals surface area contributed by atoms with Crippen molar-refractivity contribution in [1.82, 2.24) is 0 Å². The van der Waals surface area contributed by atoms with E-state index in [4.69, 9.17) is 10.7 Å². The van der Waals surface area contributed by atoms with Gasteiger partial charge in [0.05, 0.1) is 10.5 Å². The molecule has 0 aromatic heterocycles. The molecule has 1 atom stereocenters. The van der Waals surface area contributed by atoms with Crippen molar-refractivity contribution >= 4 is 29.6 Å². The summed E-state index contributed by atoms with van der Waals surface area (Å²) in [6.07, 6.45) is -4.59.